The van der Waals surface area contributed by atoms with Crippen molar-refractivity contribution in [2.24, 2.45) is 0 Å². The number of para-hydroxylation sites is 1. The summed E-state index contributed by atoms with van der Waals surface area (Å²) in [5.74, 6) is 0.862. The monoisotopic (exact) mass is 480 g/mol. The second-order valence-electron chi connectivity index (χ2n) is 10.7. The number of nitrogens with zero attached hydrogens (tertiary/aromatic N) is 4. The fourth-order valence-electron chi connectivity index (χ4n) is 5.99. The topological polar surface area (TPSA) is 62.7 Å². The van der Waals surface area contributed by atoms with Gasteiger partial charge in [-0.05, 0) is 43.5 Å². The van der Waals surface area contributed by atoms with Gasteiger partial charge >= 0.3 is 0 Å². The van der Waals surface area contributed by atoms with E-state index in [-0.39, 0.29) is 0 Å². The molecule has 3 saturated heterocycles. The molecule has 0 bridgehead atoms. The molecule has 3 aliphatic heterocycles. The quantitative estimate of drug-likeness (QED) is 0.631. The van der Waals surface area contributed by atoms with Crippen molar-refractivity contribution in [1.29, 1.82) is 0 Å². The van der Waals surface area contributed by atoms with E-state index in [0.29, 0.717) is 19.6 Å². The zero-order valence-corrected chi connectivity index (χ0v) is 21.0. The Hall–Kier alpha value is -2.32. The molecule has 0 unspecified atom stereocenters. The SMILES string of the molecule is COc1cccc(N2CCC(O)(CN3CC[C@](O)(CN4CCN(c5ccccc5)CC4)C3)CC2)c1. The second kappa shape index (κ2) is 10.3. The van der Waals surface area contributed by atoms with E-state index >= 15 is 0 Å². The number of hydrogen-bond acceptors (Lipinski definition) is 7. The fraction of sp³-hybridized carbons (Fsp3) is 0.571. The Labute approximate surface area is 209 Å². The van der Waals surface area contributed by atoms with Gasteiger partial charge in [-0.2, -0.15) is 0 Å². The van der Waals surface area contributed by atoms with Crippen molar-refractivity contribution in [2.75, 3.05) is 82.4 Å². The molecule has 190 valence electrons. The maximum absolute atomic E-state index is 11.4. The van der Waals surface area contributed by atoms with Crippen molar-refractivity contribution in [2.45, 2.75) is 30.5 Å². The number of hydrogen-bond donors (Lipinski definition) is 2. The van der Waals surface area contributed by atoms with Crippen molar-refractivity contribution >= 4 is 11.4 Å². The van der Waals surface area contributed by atoms with Crippen LogP contribution in [0.2, 0.25) is 0 Å². The zero-order chi connectivity index (χ0) is 24.3. The van der Waals surface area contributed by atoms with Crippen LogP contribution in [0.5, 0.6) is 5.75 Å². The van der Waals surface area contributed by atoms with Crippen LogP contribution in [-0.2, 0) is 0 Å². The molecule has 7 heteroatoms. The van der Waals surface area contributed by atoms with Crippen LogP contribution in [0.1, 0.15) is 19.3 Å². The maximum atomic E-state index is 11.4. The number of rotatable bonds is 7. The number of methoxy groups -OCH3 is 1. The van der Waals surface area contributed by atoms with Crippen LogP contribution in [-0.4, -0.2) is 104 Å². The van der Waals surface area contributed by atoms with Crippen LogP contribution >= 0.6 is 0 Å². The van der Waals surface area contributed by atoms with Crippen molar-refractivity contribution < 1.29 is 14.9 Å². The highest BCUT2D eigenvalue weighted by Gasteiger charge is 2.42. The third-order valence-electron chi connectivity index (χ3n) is 8.05. The van der Waals surface area contributed by atoms with Crippen LogP contribution in [0.25, 0.3) is 0 Å². The van der Waals surface area contributed by atoms with E-state index in [9.17, 15) is 10.2 Å². The molecule has 2 aromatic carbocycles. The third kappa shape index (κ3) is 5.92. The molecular weight excluding hydrogens is 440 g/mol. The molecule has 3 aliphatic rings. The Morgan fingerprint density at radius 2 is 1.31 bits per heavy atom. The molecule has 2 N–H and O–H groups in total. The molecule has 3 fully saturated rings. The zero-order valence-electron chi connectivity index (χ0n) is 21.0. The van der Waals surface area contributed by atoms with Gasteiger partial charge in [-0.15, -0.1) is 0 Å². The average Bonchev–Trinajstić information content (AvgIpc) is 3.24. The lowest BCUT2D eigenvalue weighted by molar-refractivity contribution is -0.0260. The van der Waals surface area contributed by atoms with Crippen LogP contribution in [0.3, 0.4) is 0 Å². The summed E-state index contributed by atoms with van der Waals surface area (Å²) in [4.78, 5) is 9.44. The molecule has 0 aliphatic carbocycles. The Balaban J connectivity index is 1.08. The molecule has 7 nitrogen and oxygen atoms in total. The number of anilines is 2. The van der Waals surface area contributed by atoms with Crippen molar-refractivity contribution in [3.05, 3.63) is 54.6 Å². The Morgan fingerprint density at radius 3 is 2.03 bits per heavy atom. The summed E-state index contributed by atoms with van der Waals surface area (Å²) < 4.78 is 5.36. The van der Waals surface area contributed by atoms with Crippen molar-refractivity contribution in [1.82, 2.24) is 9.80 Å². The van der Waals surface area contributed by atoms with Gasteiger partial charge in [0, 0.05) is 82.9 Å². The lowest BCUT2D eigenvalue weighted by Crippen LogP contribution is -2.54. The predicted molar refractivity (Wildman–Crippen MR) is 140 cm³/mol. The van der Waals surface area contributed by atoms with Gasteiger partial charge in [-0.1, -0.05) is 24.3 Å². The molecular formula is C28H40N4O3. The maximum Gasteiger partial charge on any atom is 0.120 e. The van der Waals surface area contributed by atoms with Crippen molar-refractivity contribution in [3.8, 4) is 5.75 Å². The molecule has 0 spiro atoms. The van der Waals surface area contributed by atoms with Gasteiger partial charge in [0.25, 0.3) is 0 Å². The van der Waals surface area contributed by atoms with Crippen LogP contribution < -0.4 is 14.5 Å². The highest BCUT2D eigenvalue weighted by Crippen LogP contribution is 2.31. The van der Waals surface area contributed by atoms with E-state index in [2.05, 4.69) is 62.1 Å². The molecule has 1 atom stereocenters. The van der Waals surface area contributed by atoms with E-state index in [1.807, 2.05) is 12.1 Å². The standard InChI is InChI=1S/C28H40N4O3/c1-35-26-9-5-8-25(20-26)31-14-11-27(33,12-15-31)21-30-13-10-28(34,23-30)22-29-16-18-32(19-17-29)24-6-3-2-4-7-24/h2-9,20,33-34H,10-19,21-23H2,1H3/t28-/m0/s1. The largest absolute Gasteiger partial charge is 0.497 e. The molecule has 3 heterocycles. The minimum Gasteiger partial charge on any atom is -0.497 e. The second-order valence-corrected chi connectivity index (χ2v) is 10.7. The molecule has 35 heavy (non-hydrogen) atoms. The van der Waals surface area contributed by atoms with E-state index < -0.39 is 11.2 Å². The summed E-state index contributed by atoms with van der Waals surface area (Å²) in [6, 6.07) is 18.7. The Kier molecular flexibility index (Phi) is 7.21. The van der Waals surface area contributed by atoms with Crippen molar-refractivity contribution in [3.63, 3.8) is 0 Å². The normalized spacial score (nSPS) is 25.7. The van der Waals surface area contributed by atoms with Gasteiger partial charge in [-0.25, -0.2) is 0 Å². The molecule has 0 aromatic heterocycles. The summed E-state index contributed by atoms with van der Waals surface area (Å²) in [6.07, 6.45) is 2.25. The summed E-state index contributed by atoms with van der Waals surface area (Å²) >= 11 is 0. The smallest absolute Gasteiger partial charge is 0.120 e. The first-order chi connectivity index (χ1) is 16.9. The van der Waals surface area contributed by atoms with Crippen LogP contribution in [0.15, 0.2) is 54.6 Å². The van der Waals surface area contributed by atoms with Gasteiger partial charge in [0.1, 0.15) is 5.75 Å². The lowest BCUT2D eigenvalue weighted by atomic mass is 9.90. The lowest BCUT2D eigenvalue weighted by Gasteiger charge is -2.42. The highest BCUT2D eigenvalue weighted by molar-refractivity contribution is 5.51. The average molecular weight is 481 g/mol. The summed E-state index contributed by atoms with van der Waals surface area (Å²) in [7, 11) is 1.69. The number of ether oxygens (including phenoxy) is 1. The Morgan fingerprint density at radius 1 is 0.686 bits per heavy atom. The predicted octanol–water partition coefficient (Wildman–Crippen LogP) is 2.29. The first-order valence-electron chi connectivity index (χ1n) is 13.0. The van der Waals surface area contributed by atoms with Gasteiger partial charge < -0.3 is 24.7 Å². The summed E-state index contributed by atoms with van der Waals surface area (Å²) in [5.41, 5.74) is 1.05. The fourth-order valence-corrected chi connectivity index (χ4v) is 5.99. The van der Waals surface area contributed by atoms with E-state index in [4.69, 9.17) is 4.74 Å². The minimum atomic E-state index is -0.693. The van der Waals surface area contributed by atoms with E-state index in [0.717, 1.165) is 76.5 Å². The van der Waals surface area contributed by atoms with Gasteiger partial charge in [0.05, 0.1) is 18.3 Å². The van der Waals surface area contributed by atoms with E-state index in [1.165, 1.54) is 5.69 Å². The summed E-state index contributed by atoms with van der Waals surface area (Å²) in [6.45, 7) is 8.44. The number of piperidine rings is 1. The number of β-amino-alcohol motifs (C(OH)–C–C–N with tert-alkyl or cyclic N) is 2. The molecule has 0 amide bonds. The summed E-state index contributed by atoms with van der Waals surface area (Å²) in [5, 5.41) is 22.7. The minimum absolute atomic E-state index is 0.642. The van der Waals surface area contributed by atoms with Crippen LogP contribution in [0.4, 0.5) is 11.4 Å². The number of aliphatic hydroxyl groups is 2. The number of benzene rings is 2. The molecule has 0 radical (unpaired) electrons. The highest BCUT2D eigenvalue weighted by atomic mass is 16.5. The number of likely N-dealkylation sites (tertiary alicyclic amines) is 1. The van der Waals surface area contributed by atoms with Crippen LogP contribution in [0, 0.1) is 0 Å². The third-order valence-corrected chi connectivity index (χ3v) is 8.05. The Bertz CT molecular complexity index is 958. The van der Waals surface area contributed by atoms with Gasteiger partial charge in [-0.3, -0.25) is 9.80 Å². The number of piperazine rings is 1. The molecule has 2 aromatic rings. The van der Waals surface area contributed by atoms with Gasteiger partial charge in [0.2, 0.25) is 0 Å². The first-order valence-corrected chi connectivity index (χ1v) is 13.0. The van der Waals surface area contributed by atoms with E-state index in [1.54, 1.807) is 7.11 Å². The molecule has 0 saturated carbocycles. The molecule has 5 rings (SSSR count). The van der Waals surface area contributed by atoms with Gasteiger partial charge in [0.15, 0.2) is 0 Å². The first kappa shape index (κ1) is 24.4.